The van der Waals surface area contributed by atoms with Crippen LogP contribution in [0.5, 0.6) is 0 Å². The Hall–Kier alpha value is -3.27. The van der Waals surface area contributed by atoms with Crippen molar-refractivity contribution >= 4 is 29.0 Å². The average Bonchev–Trinajstić information content (AvgIpc) is 3.34. The van der Waals surface area contributed by atoms with Gasteiger partial charge in [-0.15, -0.1) is 11.3 Å². The minimum absolute atomic E-state index is 0.159. The van der Waals surface area contributed by atoms with Crippen LogP contribution in [-0.2, 0) is 0 Å². The molecule has 0 radical (unpaired) electrons. The Kier molecular flexibility index (Phi) is 5.52. The van der Waals surface area contributed by atoms with Gasteiger partial charge in [0.1, 0.15) is 16.5 Å². The number of urea groups is 1. The number of carbonyl (C=O) groups is 2. The summed E-state index contributed by atoms with van der Waals surface area (Å²) in [5.41, 5.74) is 1.67. The number of thiazole rings is 1. The average molecular weight is 414 g/mol. The number of rotatable bonds is 3. The van der Waals surface area contributed by atoms with Crippen LogP contribution in [0, 0.1) is 5.82 Å². The van der Waals surface area contributed by atoms with Crippen molar-refractivity contribution in [3.8, 4) is 10.7 Å². The highest BCUT2D eigenvalue weighted by Gasteiger charge is 2.24. The van der Waals surface area contributed by atoms with Gasteiger partial charge in [0, 0.05) is 43.3 Å². The molecule has 0 spiro atoms. The van der Waals surface area contributed by atoms with Crippen molar-refractivity contribution in [2.75, 3.05) is 31.5 Å². The first-order chi connectivity index (χ1) is 14.1. The Morgan fingerprint density at radius 2 is 1.86 bits per heavy atom. The fraction of sp³-hybridized carbons (Fsp3) is 0.263. The van der Waals surface area contributed by atoms with E-state index in [1.807, 2.05) is 5.38 Å². The molecule has 1 saturated heterocycles. The van der Waals surface area contributed by atoms with Crippen LogP contribution in [0.25, 0.3) is 10.7 Å². The fourth-order valence-corrected chi connectivity index (χ4v) is 3.83. The highest BCUT2D eigenvalue weighted by molar-refractivity contribution is 7.13. The van der Waals surface area contributed by atoms with E-state index in [2.05, 4.69) is 20.5 Å². The number of aromatic amines is 1. The maximum atomic E-state index is 13.1. The zero-order valence-electron chi connectivity index (χ0n) is 15.5. The molecule has 1 aromatic carbocycles. The SMILES string of the molecule is O=C(Nc1cn[nH]c1-c1nccs1)N1CCCN(C(=O)c2ccc(F)cc2)CC1. The van der Waals surface area contributed by atoms with Gasteiger partial charge in [-0.3, -0.25) is 9.89 Å². The third-order valence-corrected chi connectivity index (χ3v) is 5.48. The molecule has 3 heterocycles. The second-order valence-corrected chi connectivity index (χ2v) is 7.46. The summed E-state index contributed by atoms with van der Waals surface area (Å²) >= 11 is 1.45. The second kappa shape index (κ2) is 8.39. The van der Waals surface area contributed by atoms with E-state index in [1.54, 1.807) is 22.2 Å². The first-order valence-corrected chi connectivity index (χ1v) is 10.0. The van der Waals surface area contributed by atoms with E-state index < -0.39 is 0 Å². The summed E-state index contributed by atoms with van der Waals surface area (Å²) in [5, 5.41) is 12.3. The summed E-state index contributed by atoms with van der Waals surface area (Å²) in [4.78, 5) is 33.0. The van der Waals surface area contributed by atoms with Gasteiger partial charge < -0.3 is 15.1 Å². The van der Waals surface area contributed by atoms with Crippen molar-refractivity contribution in [1.82, 2.24) is 25.0 Å². The number of anilines is 1. The van der Waals surface area contributed by atoms with Crippen molar-refractivity contribution in [3.05, 3.63) is 53.4 Å². The molecular formula is C19H19FN6O2S. The molecule has 8 nitrogen and oxygen atoms in total. The molecule has 2 aromatic heterocycles. The van der Waals surface area contributed by atoms with Gasteiger partial charge in [0.25, 0.3) is 5.91 Å². The monoisotopic (exact) mass is 414 g/mol. The Morgan fingerprint density at radius 1 is 1.10 bits per heavy atom. The van der Waals surface area contributed by atoms with E-state index in [-0.39, 0.29) is 17.8 Å². The van der Waals surface area contributed by atoms with Crippen LogP contribution in [0.2, 0.25) is 0 Å². The molecule has 10 heteroatoms. The summed E-state index contributed by atoms with van der Waals surface area (Å²) in [7, 11) is 0. The molecule has 4 rings (SSSR count). The van der Waals surface area contributed by atoms with Crippen molar-refractivity contribution in [3.63, 3.8) is 0 Å². The zero-order chi connectivity index (χ0) is 20.2. The third kappa shape index (κ3) is 4.27. The molecule has 3 amide bonds. The molecule has 2 N–H and O–H groups in total. The number of nitrogens with zero attached hydrogens (tertiary/aromatic N) is 4. The topological polar surface area (TPSA) is 94.2 Å². The van der Waals surface area contributed by atoms with Crippen molar-refractivity contribution in [1.29, 1.82) is 0 Å². The third-order valence-electron chi connectivity index (χ3n) is 4.69. The quantitative estimate of drug-likeness (QED) is 0.689. The lowest BCUT2D eigenvalue weighted by molar-refractivity contribution is 0.0762. The normalized spacial score (nSPS) is 14.5. The van der Waals surface area contributed by atoms with Gasteiger partial charge in [0.2, 0.25) is 0 Å². The summed E-state index contributed by atoms with van der Waals surface area (Å²) in [5.74, 6) is -0.537. The summed E-state index contributed by atoms with van der Waals surface area (Å²) in [6.45, 7) is 1.89. The highest BCUT2D eigenvalue weighted by Crippen LogP contribution is 2.27. The minimum atomic E-state index is -0.378. The van der Waals surface area contributed by atoms with Crippen LogP contribution < -0.4 is 5.32 Å². The molecule has 3 aromatic rings. The second-order valence-electron chi connectivity index (χ2n) is 6.57. The smallest absolute Gasteiger partial charge is 0.322 e. The molecule has 0 aliphatic carbocycles. The van der Waals surface area contributed by atoms with Gasteiger partial charge in [-0.2, -0.15) is 5.10 Å². The lowest BCUT2D eigenvalue weighted by Crippen LogP contribution is -2.39. The van der Waals surface area contributed by atoms with Gasteiger partial charge in [0.05, 0.1) is 11.9 Å². The molecular weight excluding hydrogens is 395 g/mol. The van der Waals surface area contributed by atoms with Crippen LogP contribution in [0.15, 0.2) is 42.0 Å². The van der Waals surface area contributed by atoms with E-state index in [4.69, 9.17) is 0 Å². The first kappa shape index (κ1) is 19.1. The first-order valence-electron chi connectivity index (χ1n) is 9.16. The highest BCUT2D eigenvalue weighted by atomic mass is 32.1. The van der Waals surface area contributed by atoms with Crippen LogP contribution in [0.3, 0.4) is 0 Å². The predicted octanol–water partition coefficient (Wildman–Crippen LogP) is 3.05. The molecule has 0 saturated carbocycles. The van der Waals surface area contributed by atoms with Crippen LogP contribution in [0.4, 0.5) is 14.9 Å². The Bertz CT molecular complexity index is 989. The Labute approximate surface area is 170 Å². The molecule has 1 aliphatic rings. The standard InChI is InChI=1S/C19H19FN6O2S/c20-14-4-2-13(3-5-14)18(27)25-7-1-8-26(10-9-25)19(28)23-15-12-22-24-16(15)17-21-6-11-29-17/h2-6,11-12H,1,7-10H2,(H,22,24)(H,23,28). The molecule has 1 aliphatic heterocycles. The van der Waals surface area contributed by atoms with E-state index in [0.717, 1.165) is 5.01 Å². The molecule has 0 atom stereocenters. The summed E-state index contributed by atoms with van der Waals surface area (Å²) < 4.78 is 13.1. The summed E-state index contributed by atoms with van der Waals surface area (Å²) in [6, 6.07) is 5.25. The van der Waals surface area contributed by atoms with Crippen LogP contribution in [-0.4, -0.2) is 63.1 Å². The number of hydrogen-bond acceptors (Lipinski definition) is 5. The number of benzene rings is 1. The number of carbonyl (C=O) groups excluding carboxylic acids is 2. The molecule has 29 heavy (non-hydrogen) atoms. The van der Waals surface area contributed by atoms with Crippen LogP contribution in [0.1, 0.15) is 16.8 Å². The lowest BCUT2D eigenvalue weighted by atomic mass is 10.2. The zero-order valence-corrected chi connectivity index (χ0v) is 16.3. The number of amides is 3. The Morgan fingerprint density at radius 3 is 2.62 bits per heavy atom. The maximum absolute atomic E-state index is 13.1. The largest absolute Gasteiger partial charge is 0.337 e. The molecule has 1 fully saturated rings. The lowest BCUT2D eigenvalue weighted by Gasteiger charge is -2.22. The number of halogens is 1. The minimum Gasteiger partial charge on any atom is -0.337 e. The Balaban J connectivity index is 1.39. The van der Waals surface area contributed by atoms with E-state index >= 15 is 0 Å². The van der Waals surface area contributed by atoms with E-state index in [0.29, 0.717) is 49.5 Å². The maximum Gasteiger partial charge on any atom is 0.322 e. The van der Waals surface area contributed by atoms with Gasteiger partial charge >= 0.3 is 6.03 Å². The number of H-pyrrole nitrogens is 1. The van der Waals surface area contributed by atoms with E-state index in [9.17, 15) is 14.0 Å². The van der Waals surface area contributed by atoms with Crippen molar-refractivity contribution in [2.45, 2.75) is 6.42 Å². The molecule has 150 valence electrons. The van der Waals surface area contributed by atoms with E-state index in [1.165, 1.54) is 35.6 Å². The number of hydrogen-bond donors (Lipinski definition) is 2. The van der Waals surface area contributed by atoms with Gasteiger partial charge in [0.15, 0.2) is 0 Å². The van der Waals surface area contributed by atoms with Crippen molar-refractivity contribution < 1.29 is 14.0 Å². The van der Waals surface area contributed by atoms with Gasteiger partial charge in [-0.1, -0.05) is 0 Å². The molecule has 0 bridgehead atoms. The number of aromatic nitrogens is 3. The van der Waals surface area contributed by atoms with Gasteiger partial charge in [-0.25, -0.2) is 14.2 Å². The predicted molar refractivity (Wildman–Crippen MR) is 107 cm³/mol. The fourth-order valence-electron chi connectivity index (χ4n) is 3.18. The van der Waals surface area contributed by atoms with Gasteiger partial charge in [-0.05, 0) is 30.7 Å². The summed E-state index contributed by atoms with van der Waals surface area (Å²) in [6.07, 6.45) is 3.90. The van der Waals surface area contributed by atoms with Crippen LogP contribution >= 0.6 is 11.3 Å². The van der Waals surface area contributed by atoms with Crippen molar-refractivity contribution in [2.24, 2.45) is 0 Å². The number of nitrogens with one attached hydrogen (secondary N) is 2. The molecule has 0 unspecified atom stereocenters.